The second-order valence-electron chi connectivity index (χ2n) is 7.36. The number of unbranched alkanes of at least 4 members (excludes halogenated alkanes) is 2. The highest BCUT2D eigenvalue weighted by Gasteiger charge is 2.19. The second-order valence-corrected chi connectivity index (χ2v) is 7.92. The van der Waals surface area contributed by atoms with Crippen LogP contribution in [0.15, 0.2) is 36.7 Å². The van der Waals surface area contributed by atoms with Crippen molar-refractivity contribution in [2.45, 2.75) is 71.1 Å². The lowest BCUT2D eigenvalue weighted by Crippen LogP contribution is -2.19. The Morgan fingerprint density at radius 2 is 1.75 bits per heavy atom. The molecule has 0 saturated carbocycles. The third kappa shape index (κ3) is 7.23. The normalized spacial score (nSPS) is 13.1. The standard InChI is InChI=1S/C23H31ClN2O2/c1-4-6-7-9-18-15-25-23(26-16-18)19-10-12-20(13-11-19)28-22(27)14-21(24)17(3)8-5-2/h10-13,15-17,21H,4-9,14H2,1-3H3. The van der Waals surface area contributed by atoms with Crippen LogP contribution in [0.25, 0.3) is 11.4 Å². The van der Waals surface area contributed by atoms with E-state index in [0.717, 1.165) is 30.4 Å². The summed E-state index contributed by atoms with van der Waals surface area (Å²) in [5, 5.41) is -0.198. The van der Waals surface area contributed by atoms with Crippen molar-refractivity contribution in [2.75, 3.05) is 0 Å². The van der Waals surface area contributed by atoms with Gasteiger partial charge in [-0.25, -0.2) is 9.97 Å². The zero-order chi connectivity index (χ0) is 20.4. The number of carbonyl (C=O) groups is 1. The highest BCUT2D eigenvalue weighted by molar-refractivity contribution is 6.21. The number of aryl methyl sites for hydroxylation is 1. The number of carbonyl (C=O) groups excluding carboxylic acids is 1. The zero-order valence-electron chi connectivity index (χ0n) is 17.2. The van der Waals surface area contributed by atoms with Crippen LogP contribution in [0, 0.1) is 5.92 Å². The van der Waals surface area contributed by atoms with Crippen LogP contribution in [-0.2, 0) is 11.2 Å². The molecular formula is C23H31ClN2O2. The van der Waals surface area contributed by atoms with E-state index < -0.39 is 0 Å². The van der Waals surface area contributed by atoms with Crippen LogP contribution in [-0.4, -0.2) is 21.3 Å². The molecule has 0 bridgehead atoms. The number of hydrogen-bond acceptors (Lipinski definition) is 4. The lowest BCUT2D eigenvalue weighted by atomic mass is 10.00. The maximum Gasteiger partial charge on any atom is 0.312 e. The highest BCUT2D eigenvalue weighted by atomic mass is 35.5. The van der Waals surface area contributed by atoms with Gasteiger partial charge in [0, 0.05) is 23.3 Å². The lowest BCUT2D eigenvalue weighted by molar-refractivity contribution is -0.134. The average Bonchev–Trinajstić information content (AvgIpc) is 2.69. The first-order chi connectivity index (χ1) is 13.5. The van der Waals surface area contributed by atoms with Crippen molar-refractivity contribution in [1.29, 1.82) is 0 Å². The number of ether oxygens (including phenoxy) is 1. The Kier molecular flexibility index (Phi) is 9.42. The molecule has 0 aliphatic heterocycles. The molecule has 1 heterocycles. The molecule has 28 heavy (non-hydrogen) atoms. The molecule has 2 atom stereocenters. The predicted octanol–water partition coefficient (Wildman–Crippen LogP) is 6.22. The third-order valence-electron chi connectivity index (χ3n) is 4.84. The van der Waals surface area contributed by atoms with E-state index in [0.29, 0.717) is 17.5 Å². The van der Waals surface area contributed by atoms with Gasteiger partial charge in [-0.3, -0.25) is 4.79 Å². The molecule has 0 aliphatic rings. The van der Waals surface area contributed by atoms with E-state index in [1.165, 1.54) is 19.3 Å². The molecule has 0 fully saturated rings. The van der Waals surface area contributed by atoms with E-state index in [2.05, 4.69) is 30.7 Å². The van der Waals surface area contributed by atoms with Crippen molar-refractivity contribution < 1.29 is 9.53 Å². The monoisotopic (exact) mass is 402 g/mol. The van der Waals surface area contributed by atoms with E-state index in [1.807, 2.05) is 24.5 Å². The fourth-order valence-electron chi connectivity index (χ4n) is 3.05. The molecule has 2 rings (SSSR count). The van der Waals surface area contributed by atoms with Gasteiger partial charge in [-0.1, -0.05) is 40.0 Å². The van der Waals surface area contributed by atoms with E-state index in [9.17, 15) is 4.79 Å². The molecule has 0 spiro atoms. The molecule has 2 unspecified atom stereocenters. The van der Waals surface area contributed by atoms with E-state index in [4.69, 9.17) is 16.3 Å². The molecule has 1 aromatic heterocycles. The number of halogens is 1. The van der Waals surface area contributed by atoms with Gasteiger partial charge in [0.15, 0.2) is 5.82 Å². The number of benzene rings is 1. The molecule has 0 aliphatic carbocycles. The van der Waals surface area contributed by atoms with Gasteiger partial charge in [-0.05, 0) is 55.0 Å². The van der Waals surface area contributed by atoms with Crippen molar-refractivity contribution in [3.05, 3.63) is 42.2 Å². The first-order valence-corrected chi connectivity index (χ1v) is 10.7. The fourth-order valence-corrected chi connectivity index (χ4v) is 3.31. The number of aromatic nitrogens is 2. The summed E-state index contributed by atoms with van der Waals surface area (Å²) in [4.78, 5) is 21.0. The maximum absolute atomic E-state index is 12.1. The first kappa shape index (κ1) is 22.4. The summed E-state index contributed by atoms with van der Waals surface area (Å²) in [5.41, 5.74) is 2.06. The summed E-state index contributed by atoms with van der Waals surface area (Å²) in [5.74, 6) is 1.18. The minimum atomic E-state index is -0.302. The van der Waals surface area contributed by atoms with Gasteiger partial charge in [0.2, 0.25) is 0 Å². The Morgan fingerprint density at radius 1 is 1.07 bits per heavy atom. The fraction of sp³-hybridized carbons (Fsp3) is 0.522. The van der Waals surface area contributed by atoms with Gasteiger partial charge >= 0.3 is 5.97 Å². The lowest BCUT2D eigenvalue weighted by Gasteiger charge is -2.16. The van der Waals surface area contributed by atoms with Crippen molar-refractivity contribution >= 4 is 17.6 Å². The second kappa shape index (κ2) is 11.8. The van der Waals surface area contributed by atoms with Gasteiger partial charge < -0.3 is 4.74 Å². The Hall–Kier alpha value is -1.94. The van der Waals surface area contributed by atoms with Crippen LogP contribution in [0.4, 0.5) is 0 Å². The van der Waals surface area contributed by atoms with Crippen molar-refractivity contribution in [3.63, 3.8) is 0 Å². The van der Waals surface area contributed by atoms with Gasteiger partial charge in [0.1, 0.15) is 5.75 Å². The summed E-state index contributed by atoms with van der Waals surface area (Å²) in [6.07, 6.45) is 10.7. The molecule has 152 valence electrons. The van der Waals surface area contributed by atoms with Gasteiger partial charge in [0.25, 0.3) is 0 Å². The van der Waals surface area contributed by atoms with Crippen LogP contribution in [0.5, 0.6) is 5.75 Å². The number of esters is 1. The number of hydrogen-bond donors (Lipinski definition) is 0. The Bertz CT molecular complexity index is 716. The van der Waals surface area contributed by atoms with Crippen LogP contribution >= 0.6 is 11.6 Å². The van der Waals surface area contributed by atoms with Crippen LogP contribution in [0.1, 0.15) is 64.9 Å². The largest absolute Gasteiger partial charge is 0.426 e. The number of rotatable bonds is 11. The molecule has 2 aromatic rings. The molecule has 0 N–H and O–H groups in total. The molecule has 5 heteroatoms. The van der Waals surface area contributed by atoms with Crippen molar-refractivity contribution in [3.8, 4) is 17.1 Å². The van der Waals surface area contributed by atoms with Gasteiger partial charge in [-0.2, -0.15) is 0 Å². The summed E-state index contributed by atoms with van der Waals surface area (Å²) >= 11 is 6.31. The SMILES string of the molecule is CCCCCc1cnc(-c2ccc(OC(=O)CC(Cl)C(C)CCC)cc2)nc1. The number of alkyl halides is 1. The van der Waals surface area contributed by atoms with Crippen molar-refractivity contribution in [1.82, 2.24) is 9.97 Å². The molecular weight excluding hydrogens is 372 g/mol. The van der Waals surface area contributed by atoms with Crippen LogP contribution in [0.2, 0.25) is 0 Å². The minimum absolute atomic E-state index is 0.198. The van der Waals surface area contributed by atoms with Gasteiger partial charge in [0.05, 0.1) is 6.42 Å². The van der Waals surface area contributed by atoms with E-state index in [1.54, 1.807) is 12.1 Å². The van der Waals surface area contributed by atoms with Crippen LogP contribution < -0.4 is 4.74 Å². The summed E-state index contributed by atoms with van der Waals surface area (Å²) in [6.45, 7) is 6.38. The summed E-state index contributed by atoms with van der Waals surface area (Å²) < 4.78 is 5.41. The maximum atomic E-state index is 12.1. The predicted molar refractivity (Wildman–Crippen MR) is 115 cm³/mol. The van der Waals surface area contributed by atoms with Crippen LogP contribution in [0.3, 0.4) is 0 Å². The molecule has 4 nitrogen and oxygen atoms in total. The molecule has 0 radical (unpaired) electrons. The highest BCUT2D eigenvalue weighted by Crippen LogP contribution is 2.22. The summed E-state index contributed by atoms with van der Waals surface area (Å²) in [7, 11) is 0. The smallest absolute Gasteiger partial charge is 0.312 e. The van der Waals surface area contributed by atoms with Crippen molar-refractivity contribution in [2.24, 2.45) is 5.92 Å². The Labute approximate surface area is 173 Å². The van der Waals surface area contributed by atoms with Gasteiger partial charge in [-0.15, -0.1) is 11.6 Å². The Balaban J connectivity index is 1.89. The Morgan fingerprint density at radius 3 is 2.36 bits per heavy atom. The first-order valence-electron chi connectivity index (χ1n) is 10.3. The zero-order valence-corrected chi connectivity index (χ0v) is 17.9. The third-order valence-corrected chi connectivity index (χ3v) is 5.43. The topological polar surface area (TPSA) is 52.1 Å². The quantitative estimate of drug-likeness (QED) is 0.194. The molecule has 1 aromatic carbocycles. The molecule has 0 saturated heterocycles. The van der Waals surface area contributed by atoms with E-state index >= 15 is 0 Å². The van der Waals surface area contributed by atoms with E-state index in [-0.39, 0.29) is 17.8 Å². The molecule has 0 amide bonds. The minimum Gasteiger partial charge on any atom is -0.426 e. The number of nitrogens with zero attached hydrogens (tertiary/aromatic N) is 2. The average molecular weight is 403 g/mol. The summed E-state index contributed by atoms with van der Waals surface area (Å²) in [6, 6.07) is 7.27.